The molecule has 130 valence electrons. The van der Waals surface area contributed by atoms with Crippen molar-refractivity contribution in [3.8, 4) is 22.6 Å². The van der Waals surface area contributed by atoms with Crippen molar-refractivity contribution in [2.75, 3.05) is 12.1 Å². The lowest BCUT2D eigenvalue weighted by Crippen LogP contribution is -2.31. The molecule has 0 saturated carbocycles. The van der Waals surface area contributed by atoms with Gasteiger partial charge in [-0.15, -0.1) is 0 Å². The number of rotatable bonds is 3. The molecule has 0 fully saturated rings. The number of methoxy groups -OCH3 is 1. The summed E-state index contributed by atoms with van der Waals surface area (Å²) in [5, 5.41) is 2.12. The van der Waals surface area contributed by atoms with Crippen molar-refractivity contribution in [1.29, 1.82) is 0 Å². The van der Waals surface area contributed by atoms with Crippen LogP contribution in [0.25, 0.3) is 11.1 Å². The Kier molecular flexibility index (Phi) is 3.53. The van der Waals surface area contributed by atoms with E-state index in [2.05, 4.69) is 34.7 Å². The molecule has 0 radical (unpaired) electrons. The normalized spacial score (nSPS) is 14.3. The van der Waals surface area contributed by atoms with E-state index in [1.54, 1.807) is 7.11 Å². The van der Waals surface area contributed by atoms with Gasteiger partial charge < -0.3 is 9.47 Å². The van der Waals surface area contributed by atoms with Crippen molar-refractivity contribution in [1.82, 2.24) is 10.4 Å². The first-order chi connectivity index (χ1) is 12.8. The van der Waals surface area contributed by atoms with Crippen LogP contribution in [0.1, 0.15) is 16.7 Å². The summed E-state index contributed by atoms with van der Waals surface area (Å²) in [6.45, 7) is 2.10. The maximum absolute atomic E-state index is 5.87. The first-order valence-electron chi connectivity index (χ1n) is 8.70. The molecule has 0 amide bonds. The number of ether oxygens (including phenoxy) is 2. The summed E-state index contributed by atoms with van der Waals surface area (Å²) in [5.74, 6) is 2.81. The lowest BCUT2D eigenvalue weighted by Gasteiger charge is -2.23. The molecule has 0 aliphatic carbocycles. The number of nitrogens with zero attached hydrogens (tertiary/aromatic N) is 2. The van der Waals surface area contributed by atoms with Gasteiger partial charge in [-0.25, -0.2) is 10.4 Å². The number of para-hydroxylation sites is 1. The molecule has 0 saturated heterocycles. The second kappa shape index (κ2) is 6.04. The highest BCUT2D eigenvalue weighted by atomic mass is 16.5. The van der Waals surface area contributed by atoms with Gasteiger partial charge in [0.2, 0.25) is 0 Å². The smallest absolute Gasteiger partial charge is 0.148 e. The van der Waals surface area contributed by atoms with Gasteiger partial charge in [0.15, 0.2) is 0 Å². The number of aromatic nitrogens is 1. The van der Waals surface area contributed by atoms with Gasteiger partial charge in [0.05, 0.1) is 13.7 Å². The van der Waals surface area contributed by atoms with Crippen LogP contribution in [0.2, 0.25) is 0 Å². The summed E-state index contributed by atoms with van der Waals surface area (Å²) < 4.78 is 11.1. The van der Waals surface area contributed by atoms with E-state index in [4.69, 9.17) is 14.5 Å². The van der Waals surface area contributed by atoms with E-state index in [1.165, 1.54) is 16.7 Å². The van der Waals surface area contributed by atoms with Crippen molar-refractivity contribution in [3.63, 3.8) is 0 Å². The minimum atomic E-state index is 0.575. The summed E-state index contributed by atoms with van der Waals surface area (Å²) in [6.07, 6.45) is 1.94. The third-order valence-corrected chi connectivity index (χ3v) is 4.98. The topological polar surface area (TPSA) is 46.6 Å². The molecule has 2 aliphatic heterocycles. The molecule has 2 aromatic carbocycles. The minimum Gasteiger partial charge on any atom is -0.497 e. The maximum Gasteiger partial charge on any atom is 0.148 e. The fourth-order valence-electron chi connectivity index (χ4n) is 3.68. The maximum atomic E-state index is 5.87. The molecule has 5 heteroatoms. The molecule has 0 unspecified atom stereocenters. The lowest BCUT2D eigenvalue weighted by atomic mass is 9.94. The molecule has 5 nitrogen and oxygen atoms in total. The quantitative estimate of drug-likeness (QED) is 0.785. The second-order valence-electron chi connectivity index (χ2n) is 6.51. The molecule has 3 heterocycles. The van der Waals surface area contributed by atoms with Crippen molar-refractivity contribution < 1.29 is 9.47 Å². The SMILES string of the molecule is COc1ccc(CN2NCc3c2ncc2c3-c3ccccc3OC2)cc1. The molecule has 1 aromatic heterocycles. The number of hydrogen-bond acceptors (Lipinski definition) is 5. The Balaban J connectivity index is 1.51. The predicted octanol–water partition coefficient (Wildman–Crippen LogP) is 3.67. The standard InChI is InChI=1S/C21H19N3O2/c1-25-16-8-6-14(7-9-16)12-24-21-18(11-23-24)20-15(10-22-21)13-26-19-5-3-2-4-17(19)20/h2-10,23H,11-13H2,1H3. The van der Waals surface area contributed by atoms with Gasteiger partial charge in [0, 0.05) is 35.0 Å². The fourth-order valence-corrected chi connectivity index (χ4v) is 3.68. The van der Waals surface area contributed by atoms with E-state index in [0.29, 0.717) is 6.61 Å². The Hall–Kier alpha value is -3.05. The summed E-state index contributed by atoms with van der Waals surface area (Å²) in [5.41, 5.74) is 9.49. The van der Waals surface area contributed by atoms with Gasteiger partial charge in [0.25, 0.3) is 0 Å². The van der Waals surface area contributed by atoms with Gasteiger partial charge in [-0.3, -0.25) is 5.01 Å². The second-order valence-corrected chi connectivity index (χ2v) is 6.51. The highest BCUT2D eigenvalue weighted by molar-refractivity contribution is 5.81. The van der Waals surface area contributed by atoms with Crippen LogP contribution >= 0.6 is 0 Å². The Bertz CT molecular complexity index is 969. The predicted molar refractivity (Wildman–Crippen MR) is 100 cm³/mol. The molecule has 0 atom stereocenters. The summed E-state index contributed by atoms with van der Waals surface area (Å²) in [6, 6.07) is 16.4. The molecule has 5 rings (SSSR count). The first-order valence-corrected chi connectivity index (χ1v) is 8.70. The van der Waals surface area contributed by atoms with E-state index in [1.807, 2.05) is 30.5 Å². The molecule has 1 N–H and O–H groups in total. The molecular formula is C21H19N3O2. The summed E-state index contributed by atoms with van der Waals surface area (Å²) in [4.78, 5) is 4.72. The van der Waals surface area contributed by atoms with Gasteiger partial charge in [-0.2, -0.15) is 0 Å². The number of hydrazine groups is 1. The van der Waals surface area contributed by atoms with Crippen molar-refractivity contribution in [2.45, 2.75) is 19.7 Å². The van der Waals surface area contributed by atoms with Crippen LogP contribution in [0.5, 0.6) is 11.5 Å². The zero-order valence-electron chi connectivity index (χ0n) is 14.5. The Labute approximate surface area is 152 Å². The van der Waals surface area contributed by atoms with Crippen LogP contribution in [-0.2, 0) is 19.7 Å². The molecule has 0 bridgehead atoms. The van der Waals surface area contributed by atoms with Crippen LogP contribution in [0.15, 0.2) is 54.7 Å². The van der Waals surface area contributed by atoms with E-state index >= 15 is 0 Å². The molecular weight excluding hydrogens is 326 g/mol. The van der Waals surface area contributed by atoms with Crippen LogP contribution < -0.4 is 19.9 Å². The van der Waals surface area contributed by atoms with Gasteiger partial charge >= 0.3 is 0 Å². The van der Waals surface area contributed by atoms with Crippen molar-refractivity contribution in [3.05, 3.63) is 71.4 Å². The Morgan fingerprint density at radius 1 is 1.15 bits per heavy atom. The third-order valence-electron chi connectivity index (χ3n) is 4.98. The van der Waals surface area contributed by atoms with Crippen molar-refractivity contribution in [2.24, 2.45) is 0 Å². The van der Waals surface area contributed by atoms with E-state index in [0.717, 1.165) is 41.5 Å². The van der Waals surface area contributed by atoms with Gasteiger partial charge in [0.1, 0.15) is 23.9 Å². The van der Waals surface area contributed by atoms with Crippen LogP contribution in [-0.4, -0.2) is 12.1 Å². The van der Waals surface area contributed by atoms with E-state index < -0.39 is 0 Å². The number of fused-ring (bicyclic) bond motifs is 5. The van der Waals surface area contributed by atoms with E-state index in [-0.39, 0.29) is 0 Å². The largest absolute Gasteiger partial charge is 0.497 e. The molecule has 26 heavy (non-hydrogen) atoms. The summed E-state index contributed by atoms with van der Waals surface area (Å²) >= 11 is 0. The number of nitrogens with one attached hydrogen (secondary N) is 1. The number of benzene rings is 2. The number of anilines is 1. The first kappa shape index (κ1) is 15.2. The molecule has 0 spiro atoms. The zero-order chi connectivity index (χ0) is 17.5. The molecule has 2 aliphatic rings. The zero-order valence-corrected chi connectivity index (χ0v) is 14.5. The van der Waals surface area contributed by atoms with Crippen LogP contribution in [0, 0.1) is 0 Å². The Morgan fingerprint density at radius 3 is 2.85 bits per heavy atom. The van der Waals surface area contributed by atoms with Crippen LogP contribution in [0.3, 0.4) is 0 Å². The summed E-state index contributed by atoms with van der Waals surface area (Å²) in [7, 11) is 1.68. The average molecular weight is 345 g/mol. The van der Waals surface area contributed by atoms with Gasteiger partial charge in [-0.1, -0.05) is 30.3 Å². The highest BCUT2D eigenvalue weighted by Gasteiger charge is 2.29. The number of pyridine rings is 1. The number of hydrogen-bond donors (Lipinski definition) is 1. The lowest BCUT2D eigenvalue weighted by molar-refractivity contribution is 0.301. The van der Waals surface area contributed by atoms with E-state index in [9.17, 15) is 0 Å². The third kappa shape index (κ3) is 2.40. The Morgan fingerprint density at radius 2 is 2.00 bits per heavy atom. The highest BCUT2D eigenvalue weighted by Crippen LogP contribution is 2.43. The van der Waals surface area contributed by atoms with Crippen molar-refractivity contribution >= 4 is 5.82 Å². The van der Waals surface area contributed by atoms with Gasteiger partial charge in [-0.05, 0) is 23.8 Å². The van der Waals surface area contributed by atoms with Crippen LogP contribution in [0.4, 0.5) is 5.82 Å². The fraction of sp³-hybridized carbons (Fsp3) is 0.190. The monoisotopic (exact) mass is 345 g/mol. The minimum absolute atomic E-state index is 0.575. The molecule has 3 aromatic rings. The average Bonchev–Trinajstić information content (AvgIpc) is 3.11.